The lowest BCUT2D eigenvalue weighted by atomic mass is 9.93. The maximum atomic E-state index is 13.2. The molecule has 0 bridgehead atoms. The Kier molecular flexibility index (Phi) is 7.34. The first-order valence-electron chi connectivity index (χ1n) is 11.7. The van der Waals surface area contributed by atoms with Gasteiger partial charge in [-0.25, -0.2) is 0 Å². The molecule has 0 aromatic heterocycles. The molecule has 0 saturated carbocycles. The molecule has 2 aromatic rings. The third-order valence-corrected chi connectivity index (χ3v) is 6.58. The number of amides is 1. The molecule has 2 heterocycles. The van der Waals surface area contributed by atoms with Crippen molar-refractivity contribution in [2.24, 2.45) is 0 Å². The summed E-state index contributed by atoms with van der Waals surface area (Å²) in [5, 5.41) is 11.2. The van der Waals surface area contributed by atoms with E-state index >= 15 is 0 Å². The number of carbonyl (C=O) groups excluding carboxylic acids is 2. The van der Waals surface area contributed by atoms with Crippen molar-refractivity contribution in [1.82, 2.24) is 9.80 Å². The quantitative estimate of drug-likeness (QED) is 0.383. The number of hydrogen-bond acceptors (Lipinski definition) is 6. The summed E-state index contributed by atoms with van der Waals surface area (Å²) in [6.07, 6.45) is 0. The molecule has 0 aliphatic carbocycles. The zero-order chi connectivity index (χ0) is 24.2. The second-order valence-corrected chi connectivity index (χ2v) is 9.00. The van der Waals surface area contributed by atoms with Gasteiger partial charge in [0, 0.05) is 31.7 Å². The van der Waals surface area contributed by atoms with E-state index in [1.54, 1.807) is 36.3 Å². The van der Waals surface area contributed by atoms with Crippen LogP contribution >= 0.6 is 0 Å². The van der Waals surface area contributed by atoms with E-state index < -0.39 is 17.7 Å². The Hall–Kier alpha value is -3.16. The Morgan fingerprint density at radius 1 is 1.03 bits per heavy atom. The van der Waals surface area contributed by atoms with Crippen LogP contribution in [-0.4, -0.2) is 73.1 Å². The van der Waals surface area contributed by atoms with Gasteiger partial charge in [0.05, 0.1) is 31.9 Å². The maximum absolute atomic E-state index is 13.2. The average molecular weight is 465 g/mol. The first-order chi connectivity index (χ1) is 16.4. The summed E-state index contributed by atoms with van der Waals surface area (Å²) in [6, 6.07) is 14.1. The number of ether oxygens (including phenoxy) is 2. The minimum atomic E-state index is -0.659. The standard InChI is InChI=1S/C27H32N2O5/c1-18(2)19-4-6-20(7-5-19)24-23(25(30)21-8-10-22(33-3)11-9-21)26(31)27(32)29(24)13-12-28-14-16-34-17-15-28/h4-11,18,24,30H,12-17H2,1-3H3/b25-23+/t24-/m0/s1. The Bertz CT molecular complexity index is 1050. The minimum absolute atomic E-state index is 0.120. The second kappa shape index (κ2) is 10.4. The zero-order valence-corrected chi connectivity index (χ0v) is 20.0. The fraction of sp³-hybridized carbons (Fsp3) is 0.407. The van der Waals surface area contributed by atoms with Crippen molar-refractivity contribution in [3.63, 3.8) is 0 Å². The first kappa shape index (κ1) is 24.0. The minimum Gasteiger partial charge on any atom is -0.507 e. The molecule has 0 radical (unpaired) electrons. The number of aliphatic hydroxyl groups is 1. The second-order valence-electron chi connectivity index (χ2n) is 9.00. The highest BCUT2D eigenvalue weighted by atomic mass is 16.5. The van der Waals surface area contributed by atoms with E-state index in [2.05, 4.69) is 18.7 Å². The molecule has 1 N–H and O–H groups in total. The molecular weight excluding hydrogens is 432 g/mol. The molecule has 7 nitrogen and oxygen atoms in total. The fourth-order valence-corrected chi connectivity index (χ4v) is 4.50. The third kappa shape index (κ3) is 4.86. The van der Waals surface area contributed by atoms with Gasteiger partial charge in [0.2, 0.25) is 0 Å². The number of benzene rings is 2. The van der Waals surface area contributed by atoms with E-state index in [1.807, 2.05) is 24.3 Å². The predicted molar refractivity (Wildman–Crippen MR) is 130 cm³/mol. The molecule has 180 valence electrons. The van der Waals surface area contributed by atoms with Gasteiger partial charge in [-0.05, 0) is 41.3 Å². The zero-order valence-electron chi connectivity index (χ0n) is 20.0. The summed E-state index contributed by atoms with van der Waals surface area (Å²) < 4.78 is 10.6. The van der Waals surface area contributed by atoms with Gasteiger partial charge in [0.25, 0.3) is 11.7 Å². The fourth-order valence-electron chi connectivity index (χ4n) is 4.50. The highest BCUT2D eigenvalue weighted by Gasteiger charge is 2.46. The van der Waals surface area contributed by atoms with Crippen LogP contribution in [0.5, 0.6) is 5.75 Å². The van der Waals surface area contributed by atoms with Crippen LogP contribution in [0.15, 0.2) is 54.1 Å². The van der Waals surface area contributed by atoms with E-state index in [9.17, 15) is 14.7 Å². The summed E-state index contributed by atoms with van der Waals surface area (Å²) in [5.41, 5.74) is 2.56. The van der Waals surface area contributed by atoms with E-state index in [1.165, 1.54) is 5.56 Å². The van der Waals surface area contributed by atoms with Crippen LogP contribution in [0.4, 0.5) is 0 Å². The lowest BCUT2D eigenvalue weighted by molar-refractivity contribution is -0.140. The molecule has 2 aliphatic heterocycles. The number of nitrogens with zero attached hydrogens (tertiary/aromatic N) is 2. The number of likely N-dealkylation sites (tertiary alicyclic amines) is 1. The van der Waals surface area contributed by atoms with Gasteiger partial charge in [-0.15, -0.1) is 0 Å². The largest absolute Gasteiger partial charge is 0.507 e. The molecule has 4 rings (SSSR count). The number of aliphatic hydroxyl groups excluding tert-OH is 1. The summed E-state index contributed by atoms with van der Waals surface area (Å²) in [7, 11) is 1.57. The van der Waals surface area contributed by atoms with Crippen molar-refractivity contribution in [2.45, 2.75) is 25.8 Å². The van der Waals surface area contributed by atoms with Crippen LogP contribution in [-0.2, 0) is 14.3 Å². The lowest BCUT2D eigenvalue weighted by Crippen LogP contribution is -2.42. The van der Waals surface area contributed by atoms with Crippen LogP contribution in [0.25, 0.3) is 5.76 Å². The molecule has 34 heavy (non-hydrogen) atoms. The van der Waals surface area contributed by atoms with Gasteiger partial charge in [-0.2, -0.15) is 0 Å². The molecule has 0 unspecified atom stereocenters. The van der Waals surface area contributed by atoms with Gasteiger partial charge < -0.3 is 19.5 Å². The maximum Gasteiger partial charge on any atom is 0.295 e. The van der Waals surface area contributed by atoms with Crippen LogP contribution in [0.2, 0.25) is 0 Å². The van der Waals surface area contributed by atoms with Crippen molar-refractivity contribution in [2.75, 3.05) is 46.5 Å². The van der Waals surface area contributed by atoms with E-state index in [0.29, 0.717) is 43.5 Å². The third-order valence-electron chi connectivity index (χ3n) is 6.58. The number of hydrogen-bond donors (Lipinski definition) is 1. The number of Topliss-reactive ketones (excluding diaryl/α,β-unsaturated/α-hetero) is 1. The van der Waals surface area contributed by atoms with Crippen molar-refractivity contribution >= 4 is 17.4 Å². The van der Waals surface area contributed by atoms with E-state index in [0.717, 1.165) is 18.7 Å². The molecule has 2 aliphatic rings. The summed E-state index contributed by atoms with van der Waals surface area (Å²) in [5.74, 6) is -0.410. The molecule has 0 spiro atoms. The SMILES string of the molecule is COc1ccc(/C(O)=C2\C(=O)C(=O)N(CCN3CCOCC3)[C@H]2c2ccc(C(C)C)cc2)cc1. The molecule has 2 aromatic carbocycles. The Labute approximate surface area is 200 Å². The molecule has 7 heteroatoms. The summed E-state index contributed by atoms with van der Waals surface area (Å²) in [4.78, 5) is 30.2. The van der Waals surface area contributed by atoms with E-state index in [-0.39, 0.29) is 11.3 Å². The average Bonchev–Trinajstić information content (AvgIpc) is 3.12. The van der Waals surface area contributed by atoms with Crippen molar-refractivity contribution < 1.29 is 24.2 Å². The van der Waals surface area contributed by atoms with Gasteiger partial charge in [0.1, 0.15) is 11.5 Å². The van der Waals surface area contributed by atoms with Crippen molar-refractivity contribution in [1.29, 1.82) is 0 Å². The molecule has 2 saturated heterocycles. The highest BCUT2D eigenvalue weighted by molar-refractivity contribution is 6.46. The van der Waals surface area contributed by atoms with Gasteiger partial charge in [-0.1, -0.05) is 38.1 Å². The highest BCUT2D eigenvalue weighted by Crippen LogP contribution is 2.39. The van der Waals surface area contributed by atoms with Crippen LogP contribution in [0, 0.1) is 0 Å². The molecule has 2 fully saturated rings. The van der Waals surface area contributed by atoms with Gasteiger partial charge in [0.15, 0.2) is 0 Å². The molecular formula is C27H32N2O5. The normalized spacial score (nSPS) is 20.8. The van der Waals surface area contributed by atoms with Crippen LogP contribution < -0.4 is 4.74 Å². The van der Waals surface area contributed by atoms with Gasteiger partial charge in [-0.3, -0.25) is 14.5 Å². The number of methoxy groups -OCH3 is 1. The Morgan fingerprint density at radius 2 is 1.68 bits per heavy atom. The van der Waals surface area contributed by atoms with Crippen LogP contribution in [0.3, 0.4) is 0 Å². The monoisotopic (exact) mass is 464 g/mol. The van der Waals surface area contributed by atoms with Gasteiger partial charge >= 0.3 is 0 Å². The van der Waals surface area contributed by atoms with Crippen molar-refractivity contribution in [3.05, 3.63) is 70.8 Å². The Morgan fingerprint density at radius 3 is 2.26 bits per heavy atom. The van der Waals surface area contributed by atoms with Crippen LogP contribution in [0.1, 0.15) is 42.5 Å². The molecule has 1 amide bonds. The predicted octanol–water partition coefficient (Wildman–Crippen LogP) is 3.57. The smallest absolute Gasteiger partial charge is 0.295 e. The topological polar surface area (TPSA) is 79.3 Å². The number of ketones is 1. The number of rotatable bonds is 7. The first-order valence-corrected chi connectivity index (χ1v) is 11.7. The Balaban J connectivity index is 1.72. The summed E-state index contributed by atoms with van der Waals surface area (Å²) in [6.45, 7) is 8.18. The van der Waals surface area contributed by atoms with Crippen molar-refractivity contribution in [3.8, 4) is 5.75 Å². The lowest BCUT2D eigenvalue weighted by Gasteiger charge is -2.31. The molecule has 1 atom stereocenters. The van der Waals surface area contributed by atoms with E-state index in [4.69, 9.17) is 9.47 Å². The number of morpholine rings is 1. The number of carbonyl (C=O) groups is 2. The summed E-state index contributed by atoms with van der Waals surface area (Å²) >= 11 is 0.